The van der Waals surface area contributed by atoms with Gasteiger partial charge in [-0.3, -0.25) is 4.72 Å². The zero-order valence-electron chi connectivity index (χ0n) is 16.2. The Morgan fingerprint density at radius 3 is 2.25 bits per heavy atom. The molecule has 2 aromatic carbocycles. The van der Waals surface area contributed by atoms with Crippen molar-refractivity contribution in [1.82, 2.24) is 0 Å². The molecule has 1 aliphatic rings. The summed E-state index contributed by atoms with van der Waals surface area (Å²) in [6.07, 6.45) is 0. The molecule has 0 saturated carbocycles. The van der Waals surface area contributed by atoms with Gasteiger partial charge < -0.3 is 14.7 Å². The quantitative estimate of drug-likeness (QED) is 0.795. The highest BCUT2D eigenvalue weighted by Crippen LogP contribution is 2.28. The lowest BCUT2D eigenvalue weighted by Gasteiger charge is -2.30. The maximum atomic E-state index is 12.9. The van der Waals surface area contributed by atoms with Crippen LogP contribution in [0.5, 0.6) is 0 Å². The van der Waals surface area contributed by atoms with E-state index >= 15 is 0 Å². The first-order valence-electron chi connectivity index (χ1n) is 9.00. The molecule has 0 aromatic heterocycles. The average molecular weight is 404 g/mol. The Labute approximate surface area is 165 Å². The minimum atomic E-state index is -3.85. The van der Waals surface area contributed by atoms with Gasteiger partial charge in [0.25, 0.3) is 10.0 Å². The van der Waals surface area contributed by atoms with Gasteiger partial charge in [0.15, 0.2) is 0 Å². The minimum Gasteiger partial charge on any atom is -0.478 e. The third-order valence-corrected chi connectivity index (χ3v) is 6.39. The predicted molar refractivity (Wildman–Crippen MR) is 108 cm³/mol. The lowest BCUT2D eigenvalue weighted by Crippen LogP contribution is -2.37. The largest absolute Gasteiger partial charge is 0.478 e. The number of carboxylic acids is 1. The summed E-state index contributed by atoms with van der Waals surface area (Å²) < 4.78 is 33.7. The van der Waals surface area contributed by atoms with Crippen LogP contribution >= 0.6 is 0 Å². The van der Waals surface area contributed by atoms with Crippen LogP contribution in [0, 0.1) is 20.8 Å². The Kier molecular flexibility index (Phi) is 5.62. The van der Waals surface area contributed by atoms with E-state index in [9.17, 15) is 18.3 Å². The first kappa shape index (κ1) is 20.2. The molecule has 1 aliphatic heterocycles. The van der Waals surface area contributed by atoms with Gasteiger partial charge in [-0.1, -0.05) is 17.7 Å². The van der Waals surface area contributed by atoms with Crippen LogP contribution in [0.3, 0.4) is 0 Å². The fourth-order valence-electron chi connectivity index (χ4n) is 3.65. The second-order valence-corrected chi connectivity index (χ2v) is 8.59. The van der Waals surface area contributed by atoms with E-state index in [-0.39, 0.29) is 16.1 Å². The van der Waals surface area contributed by atoms with Crippen LogP contribution in [-0.4, -0.2) is 45.8 Å². The summed E-state index contributed by atoms with van der Waals surface area (Å²) in [7, 11) is -3.85. The van der Waals surface area contributed by atoms with E-state index in [1.165, 1.54) is 6.07 Å². The molecule has 150 valence electrons. The van der Waals surface area contributed by atoms with Gasteiger partial charge in [0, 0.05) is 18.8 Å². The summed E-state index contributed by atoms with van der Waals surface area (Å²) >= 11 is 0. The van der Waals surface area contributed by atoms with Crippen molar-refractivity contribution < 1.29 is 23.1 Å². The van der Waals surface area contributed by atoms with Gasteiger partial charge in [0.2, 0.25) is 0 Å². The highest BCUT2D eigenvalue weighted by Gasteiger charge is 2.23. The molecule has 0 bridgehead atoms. The number of nitrogens with zero attached hydrogens (tertiary/aromatic N) is 1. The number of morpholine rings is 1. The molecule has 7 nitrogen and oxygen atoms in total. The second-order valence-electron chi connectivity index (χ2n) is 6.97. The molecule has 0 radical (unpaired) electrons. The third-order valence-electron chi connectivity index (χ3n) is 4.70. The number of rotatable bonds is 5. The smallest absolute Gasteiger partial charge is 0.337 e. The third kappa shape index (κ3) is 4.13. The number of anilines is 2. The zero-order chi connectivity index (χ0) is 20.5. The van der Waals surface area contributed by atoms with E-state index in [4.69, 9.17) is 4.74 Å². The van der Waals surface area contributed by atoms with Gasteiger partial charge >= 0.3 is 5.97 Å². The van der Waals surface area contributed by atoms with Crippen LogP contribution in [0.25, 0.3) is 0 Å². The van der Waals surface area contributed by atoms with E-state index in [0.717, 1.165) is 5.56 Å². The molecule has 0 unspecified atom stereocenters. The molecular formula is C20H24N2O5S. The molecule has 0 atom stereocenters. The normalized spacial score (nSPS) is 14.8. The summed E-state index contributed by atoms with van der Waals surface area (Å²) in [6.45, 7) is 7.64. The summed E-state index contributed by atoms with van der Waals surface area (Å²) in [4.78, 5) is 13.9. The SMILES string of the molecule is Cc1cc(C)c(S(=O)(=O)Nc2ccc(N3CCOCC3)c(C(=O)O)c2)c(C)c1. The molecule has 2 N–H and O–H groups in total. The molecule has 1 saturated heterocycles. The number of aryl methyl sites for hydroxylation is 3. The zero-order valence-corrected chi connectivity index (χ0v) is 17.0. The number of benzene rings is 2. The molecule has 2 aromatic rings. The number of carbonyl (C=O) groups is 1. The van der Waals surface area contributed by atoms with Crippen LogP contribution in [0.15, 0.2) is 35.2 Å². The van der Waals surface area contributed by atoms with Crippen LogP contribution in [0.2, 0.25) is 0 Å². The van der Waals surface area contributed by atoms with Gasteiger partial charge in [-0.2, -0.15) is 0 Å². The molecular weight excluding hydrogens is 380 g/mol. The number of ether oxygens (including phenoxy) is 1. The second kappa shape index (κ2) is 7.81. The van der Waals surface area contributed by atoms with Crippen molar-refractivity contribution in [3.8, 4) is 0 Å². The summed E-state index contributed by atoms with van der Waals surface area (Å²) in [5.41, 5.74) is 3.11. The number of hydrogen-bond acceptors (Lipinski definition) is 5. The lowest BCUT2D eigenvalue weighted by molar-refractivity contribution is 0.0696. The fourth-order valence-corrected chi connectivity index (χ4v) is 5.15. The van der Waals surface area contributed by atoms with E-state index in [1.54, 1.807) is 26.0 Å². The Bertz CT molecular complexity index is 988. The maximum Gasteiger partial charge on any atom is 0.337 e. The van der Waals surface area contributed by atoms with Crippen molar-refractivity contribution in [2.45, 2.75) is 25.7 Å². The number of carboxylic acid groups (broad SMARTS) is 1. The Balaban J connectivity index is 1.96. The van der Waals surface area contributed by atoms with Crippen molar-refractivity contribution in [2.75, 3.05) is 35.9 Å². The first-order valence-corrected chi connectivity index (χ1v) is 10.5. The van der Waals surface area contributed by atoms with E-state index in [2.05, 4.69) is 4.72 Å². The van der Waals surface area contributed by atoms with Crippen LogP contribution in [-0.2, 0) is 14.8 Å². The minimum absolute atomic E-state index is 0.0550. The Morgan fingerprint density at radius 2 is 1.68 bits per heavy atom. The van der Waals surface area contributed by atoms with Crippen LogP contribution < -0.4 is 9.62 Å². The summed E-state index contributed by atoms with van der Waals surface area (Å²) in [6, 6.07) is 8.22. The van der Waals surface area contributed by atoms with Crippen molar-refractivity contribution in [3.63, 3.8) is 0 Å². The lowest BCUT2D eigenvalue weighted by atomic mass is 10.1. The van der Waals surface area contributed by atoms with Gasteiger partial charge in [0.05, 0.1) is 29.4 Å². The fraction of sp³-hybridized carbons (Fsp3) is 0.350. The molecule has 1 fully saturated rings. The Morgan fingerprint density at radius 1 is 1.07 bits per heavy atom. The van der Waals surface area contributed by atoms with Gasteiger partial charge in [-0.05, 0) is 50.1 Å². The molecule has 0 spiro atoms. The molecule has 0 amide bonds. The molecule has 3 rings (SSSR count). The van der Waals surface area contributed by atoms with E-state index in [1.807, 2.05) is 24.0 Å². The number of hydrogen-bond donors (Lipinski definition) is 2. The van der Waals surface area contributed by atoms with Crippen LogP contribution in [0.4, 0.5) is 11.4 Å². The molecule has 8 heteroatoms. The molecule has 28 heavy (non-hydrogen) atoms. The highest BCUT2D eigenvalue weighted by molar-refractivity contribution is 7.92. The summed E-state index contributed by atoms with van der Waals surface area (Å²) in [5, 5.41) is 9.62. The van der Waals surface area contributed by atoms with Gasteiger partial charge in [-0.15, -0.1) is 0 Å². The van der Waals surface area contributed by atoms with Gasteiger partial charge in [0.1, 0.15) is 0 Å². The van der Waals surface area contributed by atoms with Crippen molar-refractivity contribution in [3.05, 3.63) is 52.6 Å². The number of aromatic carboxylic acids is 1. The Hall–Kier alpha value is -2.58. The predicted octanol–water partition coefficient (Wildman–Crippen LogP) is 2.95. The van der Waals surface area contributed by atoms with Crippen LogP contribution in [0.1, 0.15) is 27.0 Å². The van der Waals surface area contributed by atoms with E-state index < -0.39 is 16.0 Å². The monoisotopic (exact) mass is 404 g/mol. The maximum absolute atomic E-state index is 12.9. The summed E-state index contributed by atoms with van der Waals surface area (Å²) in [5.74, 6) is -1.11. The van der Waals surface area contributed by atoms with Crippen molar-refractivity contribution in [1.29, 1.82) is 0 Å². The van der Waals surface area contributed by atoms with Crippen molar-refractivity contribution >= 4 is 27.4 Å². The number of nitrogens with one attached hydrogen (secondary N) is 1. The van der Waals surface area contributed by atoms with Gasteiger partial charge in [-0.25, -0.2) is 13.2 Å². The topological polar surface area (TPSA) is 95.9 Å². The highest BCUT2D eigenvalue weighted by atomic mass is 32.2. The molecule has 0 aliphatic carbocycles. The molecule has 1 heterocycles. The first-order chi connectivity index (χ1) is 13.2. The van der Waals surface area contributed by atoms with Crippen molar-refractivity contribution in [2.24, 2.45) is 0 Å². The van der Waals surface area contributed by atoms with E-state index in [0.29, 0.717) is 43.1 Å². The number of sulfonamides is 1. The average Bonchev–Trinajstić information content (AvgIpc) is 2.60. The standard InChI is InChI=1S/C20H24N2O5S/c1-13-10-14(2)19(15(3)11-13)28(25,26)21-16-4-5-18(17(12-16)20(23)24)22-6-8-27-9-7-22/h4-5,10-12,21H,6-9H2,1-3H3,(H,23,24).